The summed E-state index contributed by atoms with van der Waals surface area (Å²) < 4.78 is 29.2. The van der Waals surface area contributed by atoms with Crippen molar-refractivity contribution in [3.63, 3.8) is 0 Å². The van der Waals surface area contributed by atoms with Gasteiger partial charge >= 0.3 is 6.09 Å². The van der Waals surface area contributed by atoms with Crippen LogP contribution in [0.25, 0.3) is 0 Å². The van der Waals surface area contributed by atoms with Crippen molar-refractivity contribution >= 4 is 6.09 Å². The first-order valence-corrected chi connectivity index (χ1v) is 20.9. The topological polar surface area (TPSA) is 75.3 Å². The van der Waals surface area contributed by atoms with E-state index in [1.165, 1.54) is 141 Å². The first-order chi connectivity index (χ1) is 23.7. The first kappa shape index (κ1) is 48.1. The molecule has 1 amide bonds. The van der Waals surface area contributed by atoms with Gasteiger partial charge in [-0.05, 0) is 47.0 Å². The van der Waals surface area contributed by atoms with Gasteiger partial charge in [-0.15, -0.1) is 0 Å². The van der Waals surface area contributed by atoms with E-state index >= 15 is 0 Å². The Kier molecular flexibility index (Phi) is 33.6. The lowest BCUT2D eigenvalue weighted by Crippen LogP contribution is -2.40. The van der Waals surface area contributed by atoms with Crippen molar-refractivity contribution in [3.05, 3.63) is 0 Å². The summed E-state index contributed by atoms with van der Waals surface area (Å²) in [5.41, 5.74) is -0.825. The van der Waals surface area contributed by atoms with Crippen LogP contribution in [0.1, 0.15) is 202 Å². The Labute approximate surface area is 305 Å². The Bertz CT molecular complexity index is 701. The van der Waals surface area contributed by atoms with Crippen LogP contribution in [0.4, 0.5) is 4.79 Å². The number of alkyl carbamates (subject to hydrolysis) is 1. The average Bonchev–Trinajstić information content (AvgIpc) is 3.07. The minimum absolute atomic E-state index is 0.173. The van der Waals surface area contributed by atoms with Crippen molar-refractivity contribution in [2.24, 2.45) is 0 Å². The van der Waals surface area contributed by atoms with Gasteiger partial charge in [0, 0.05) is 26.9 Å². The van der Waals surface area contributed by atoms with E-state index in [4.69, 9.17) is 23.7 Å². The zero-order valence-electron chi connectivity index (χ0n) is 33.9. The molecule has 0 aliphatic heterocycles. The van der Waals surface area contributed by atoms with E-state index < -0.39 is 11.7 Å². The Morgan fingerprint density at radius 3 is 1.45 bits per heavy atom. The van der Waals surface area contributed by atoms with Crippen molar-refractivity contribution < 1.29 is 28.5 Å². The van der Waals surface area contributed by atoms with Gasteiger partial charge in [-0.25, -0.2) is 4.79 Å². The fourth-order valence-electron chi connectivity index (χ4n) is 5.82. The number of rotatable bonds is 38. The molecule has 0 aromatic heterocycles. The largest absolute Gasteiger partial charge is 0.447 e. The summed E-state index contributed by atoms with van der Waals surface area (Å²) in [6, 6.07) is 0. The van der Waals surface area contributed by atoms with E-state index in [0.29, 0.717) is 26.4 Å². The van der Waals surface area contributed by atoms with E-state index in [2.05, 4.69) is 19.2 Å². The van der Waals surface area contributed by atoms with Crippen LogP contribution in [0.2, 0.25) is 0 Å². The second kappa shape index (κ2) is 34.2. The molecule has 1 atom stereocenters. The molecule has 0 aromatic rings. The van der Waals surface area contributed by atoms with Gasteiger partial charge in [0.2, 0.25) is 0 Å². The average molecular weight is 700 g/mol. The molecule has 0 aromatic carbocycles. The number of carbonyl (C=O) groups excluding carboxylic acids is 1. The number of methoxy groups -OCH3 is 1. The van der Waals surface area contributed by atoms with Gasteiger partial charge in [-0.2, -0.15) is 0 Å². The smallest absolute Gasteiger partial charge is 0.407 e. The molecule has 0 bridgehead atoms. The molecular weight excluding hydrogens is 614 g/mol. The normalized spacial score (nSPS) is 12.8. The lowest BCUT2D eigenvalue weighted by atomic mass is 10.1. The van der Waals surface area contributed by atoms with E-state index in [0.717, 1.165) is 25.9 Å². The van der Waals surface area contributed by atoms with Crippen molar-refractivity contribution in [2.45, 2.75) is 219 Å². The highest BCUT2D eigenvalue weighted by atomic mass is 16.6. The van der Waals surface area contributed by atoms with Gasteiger partial charge in [-0.1, -0.05) is 155 Å². The zero-order valence-corrected chi connectivity index (χ0v) is 33.9. The van der Waals surface area contributed by atoms with Crippen molar-refractivity contribution in [3.8, 4) is 0 Å². The molecule has 0 aliphatic rings. The molecule has 1 N–H and O–H groups in total. The molecule has 0 saturated carbocycles. The minimum Gasteiger partial charge on any atom is -0.447 e. The SMILES string of the molecule is CCCCCCCCCCCCCCOCC(CNC(=O)OCC(C)(C)OCCC(C)(C)OC)OCCCCCCCCCCCCCC. The van der Waals surface area contributed by atoms with Crippen LogP contribution in [0.5, 0.6) is 0 Å². The van der Waals surface area contributed by atoms with Crippen molar-refractivity contribution in [1.82, 2.24) is 5.32 Å². The molecule has 0 aliphatic carbocycles. The summed E-state index contributed by atoms with van der Waals surface area (Å²) in [6.45, 7) is 15.5. The number of amides is 1. The van der Waals surface area contributed by atoms with E-state index in [1.54, 1.807) is 7.11 Å². The first-order valence-electron chi connectivity index (χ1n) is 20.9. The van der Waals surface area contributed by atoms with Crippen LogP contribution in [0.3, 0.4) is 0 Å². The third-order valence-corrected chi connectivity index (χ3v) is 9.57. The quantitative estimate of drug-likeness (QED) is 0.0647. The number of hydrogen-bond donors (Lipinski definition) is 1. The van der Waals surface area contributed by atoms with Gasteiger partial charge in [0.05, 0.1) is 30.5 Å². The highest BCUT2D eigenvalue weighted by molar-refractivity contribution is 5.67. The summed E-state index contributed by atoms with van der Waals surface area (Å²) in [6.07, 6.45) is 32.0. The molecule has 7 heteroatoms. The van der Waals surface area contributed by atoms with Gasteiger partial charge in [-0.3, -0.25) is 0 Å². The third kappa shape index (κ3) is 35.3. The maximum atomic E-state index is 12.6. The highest BCUT2D eigenvalue weighted by Gasteiger charge is 2.24. The monoisotopic (exact) mass is 700 g/mol. The number of carbonyl (C=O) groups is 1. The maximum absolute atomic E-state index is 12.6. The zero-order chi connectivity index (χ0) is 36.3. The molecular formula is C42H85NO6. The molecule has 0 fully saturated rings. The van der Waals surface area contributed by atoms with Gasteiger partial charge in [0.25, 0.3) is 0 Å². The van der Waals surface area contributed by atoms with E-state index in [1.807, 2.05) is 27.7 Å². The van der Waals surface area contributed by atoms with Gasteiger partial charge in [0.1, 0.15) is 6.61 Å². The molecule has 0 rings (SSSR count). The number of ether oxygens (including phenoxy) is 5. The molecule has 7 nitrogen and oxygen atoms in total. The summed E-state index contributed by atoms with van der Waals surface area (Å²) in [5.74, 6) is 0. The van der Waals surface area contributed by atoms with Crippen LogP contribution in [-0.2, 0) is 23.7 Å². The molecule has 0 spiro atoms. The lowest BCUT2D eigenvalue weighted by molar-refractivity contribution is -0.0811. The van der Waals surface area contributed by atoms with Crippen molar-refractivity contribution in [2.75, 3.05) is 46.7 Å². The van der Waals surface area contributed by atoms with E-state index in [-0.39, 0.29) is 18.3 Å². The Morgan fingerprint density at radius 1 is 0.571 bits per heavy atom. The lowest BCUT2D eigenvalue weighted by Gasteiger charge is -2.28. The predicted octanol–water partition coefficient (Wildman–Crippen LogP) is 12.1. The van der Waals surface area contributed by atoms with Crippen LogP contribution >= 0.6 is 0 Å². The summed E-state index contributed by atoms with van der Waals surface area (Å²) >= 11 is 0. The molecule has 49 heavy (non-hydrogen) atoms. The molecule has 0 heterocycles. The fraction of sp³-hybridized carbons (Fsp3) is 0.976. The number of hydrogen-bond acceptors (Lipinski definition) is 6. The van der Waals surface area contributed by atoms with E-state index in [9.17, 15) is 4.79 Å². The maximum Gasteiger partial charge on any atom is 0.407 e. The summed E-state index contributed by atoms with van der Waals surface area (Å²) in [4.78, 5) is 12.6. The second-order valence-electron chi connectivity index (χ2n) is 15.6. The highest BCUT2D eigenvalue weighted by Crippen LogP contribution is 2.17. The summed E-state index contributed by atoms with van der Waals surface area (Å²) in [5, 5.41) is 2.90. The minimum atomic E-state index is -0.580. The van der Waals surface area contributed by atoms with Crippen LogP contribution in [0, 0.1) is 0 Å². The van der Waals surface area contributed by atoms with Crippen molar-refractivity contribution in [1.29, 1.82) is 0 Å². The Balaban J connectivity index is 4.30. The van der Waals surface area contributed by atoms with Gasteiger partial charge < -0.3 is 29.0 Å². The van der Waals surface area contributed by atoms with Crippen LogP contribution < -0.4 is 5.32 Å². The Morgan fingerprint density at radius 2 is 1.00 bits per heavy atom. The third-order valence-electron chi connectivity index (χ3n) is 9.57. The van der Waals surface area contributed by atoms with Crippen LogP contribution in [0.15, 0.2) is 0 Å². The summed E-state index contributed by atoms with van der Waals surface area (Å²) in [7, 11) is 1.71. The second-order valence-corrected chi connectivity index (χ2v) is 15.6. The number of nitrogens with one attached hydrogen (secondary N) is 1. The Hall–Kier alpha value is -0.890. The number of unbranched alkanes of at least 4 members (excludes halogenated alkanes) is 22. The van der Waals surface area contributed by atoms with Crippen LogP contribution in [-0.4, -0.2) is 70.1 Å². The molecule has 0 radical (unpaired) electrons. The van der Waals surface area contributed by atoms with Gasteiger partial charge in [0.15, 0.2) is 0 Å². The molecule has 0 saturated heterocycles. The predicted molar refractivity (Wildman–Crippen MR) is 208 cm³/mol. The fourth-order valence-corrected chi connectivity index (χ4v) is 5.82. The molecule has 1 unspecified atom stereocenters. The standard InChI is InChI=1S/C42H85NO6/c1-8-10-12-14-16-18-20-22-24-26-28-30-33-46-37-39(47-34-31-29-27-25-23-21-19-17-15-13-11-9-2)36-43-40(44)48-38-42(5,6)49-35-32-41(3,4)45-7/h39H,8-38H2,1-7H3,(H,43,44). The molecule has 294 valence electrons.